The number of amides is 2. The maximum Gasteiger partial charge on any atom is 0.252 e. The molecule has 2 rings (SSSR count). The van der Waals surface area contributed by atoms with Gasteiger partial charge in [0.15, 0.2) is 0 Å². The SMILES string of the molecule is CC.CC(=O)Nc1sc(Sc2ccccc2)c(C)c1C(N)=O. The first-order valence-electron chi connectivity index (χ1n) is 6.92. The summed E-state index contributed by atoms with van der Waals surface area (Å²) in [6, 6.07) is 9.84. The van der Waals surface area contributed by atoms with Gasteiger partial charge in [-0.1, -0.05) is 43.8 Å². The summed E-state index contributed by atoms with van der Waals surface area (Å²) in [5.41, 5.74) is 6.60. The maximum atomic E-state index is 11.6. The monoisotopic (exact) mass is 336 g/mol. The fourth-order valence-corrected chi connectivity index (χ4v) is 4.19. The van der Waals surface area contributed by atoms with Gasteiger partial charge in [-0.15, -0.1) is 11.3 Å². The number of hydrogen-bond donors (Lipinski definition) is 2. The Morgan fingerprint density at radius 3 is 2.27 bits per heavy atom. The third-order valence-corrected chi connectivity index (χ3v) is 5.09. The van der Waals surface area contributed by atoms with Crippen molar-refractivity contribution < 1.29 is 9.59 Å². The molecule has 0 aliphatic heterocycles. The Bertz CT molecular complexity index is 652. The van der Waals surface area contributed by atoms with E-state index in [0.29, 0.717) is 10.6 Å². The van der Waals surface area contributed by atoms with Gasteiger partial charge < -0.3 is 11.1 Å². The van der Waals surface area contributed by atoms with Crippen LogP contribution in [0.5, 0.6) is 0 Å². The van der Waals surface area contributed by atoms with Crippen molar-refractivity contribution in [2.24, 2.45) is 5.73 Å². The third kappa shape index (κ3) is 4.61. The molecule has 1 aromatic carbocycles. The van der Waals surface area contributed by atoms with E-state index in [4.69, 9.17) is 5.73 Å². The second kappa shape index (κ2) is 8.60. The summed E-state index contributed by atoms with van der Waals surface area (Å²) in [5.74, 6) is -0.743. The number of thiophene rings is 1. The molecule has 2 aromatic rings. The van der Waals surface area contributed by atoms with E-state index in [9.17, 15) is 9.59 Å². The lowest BCUT2D eigenvalue weighted by Gasteiger charge is -2.01. The van der Waals surface area contributed by atoms with Gasteiger partial charge in [0, 0.05) is 11.8 Å². The molecule has 6 heteroatoms. The molecule has 0 atom stereocenters. The molecule has 0 fully saturated rings. The molecule has 0 saturated carbocycles. The molecule has 0 spiro atoms. The van der Waals surface area contributed by atoms with E-state index in [1.807, 2.05) is 51.1 Å². The molecular formula is C16H20N2O2S2. The number of nitrogens with two attached hydrogens (primary N) is 1. The van der Waals surface area contributed by atoms with E-state index in [1.165, 1.54) is 18.3 Å². The number of benzene rings is 1. The lowest BCUT2D eigenvalue weighted by Crippen LogP contribution is -2.15. The van der Waals surface area contributed by atoms with Crippen LogP contribution in [0, 0.1) is 6.92 Å². The molecule has 0 saturated heterocycles. The fourth-order valence-electron chi connectivity index (χ4n) is 1.73. The van der Waals surface area contributed by atoms with Crippen LogP contribution < -0.4 is 11.1 Å². The highest BCUT2D eigenvalue weighted by atomic mass is 32.2. The summed E-state index contributed by atoms with van der Waals surface area (Å²) in [7, 11) is 0. The van der Waals surface area contributed by atoms with E-state index in [-0.39, 0.29) is 5.91 Å². The van der Waals surface area contributed by atoms with Crippen LogP contribution in [0.4, 0.5) is 5.00 Å². The van der Waals surface area contributed by atoms with E-state index >= 15 is 0 Å². The van der Waals surface area contributed by atoms with E-state index < -0.39 is 5.91 Å². The lowest BCUT2D eigenvalue weighted by atomic mass is 10.2. The maximum absolute atomic E-state index is 11.6. The number of carbonyl (C=O) groups excluding carboxylic acids is 2. The summed E-state index contributed by atoms with van der Waals surface area (Å²) in [6.45, 7) is 7.25. The van der Waals surface area contributed by atoms with Crippen molar-refractivity contribution in [1.82, 2.24) is 0 Å². The van der Waals surface area contributed by atoms with Gasteiger partial charge in [-0.25, -0.2) is 0 Å². The molecule has 0 bridgehead atoms. The zero-order chi connectivity index (χ0) is 16.7. The van der Waals surface area contributed by atoms with Crippen LogP contribution in [-0.2, 0) is 4.79 Å². The molecule has 118 valence electrons. The average Bonchev–Trinajstić information content (AvgIpc) is 2.77. The standard InChI is InChI=1S/C14H14N2O2S2.C2H6/c1-8-11(12(15)18)13(16-9(2)17)20-14(8)19-10-6-4-3-5-7-10;1-2/h3-7H,1-2H3,(H2,15,18)(H,16,17);1-2H3. The van der Waals surface area contributed by atoms with Crippen LogP contribution in [0.1, 0.15) is 36.7 Å². The molecule has 2 amide bonds. The second-order valence-electron chi connectivity index (χ2n) is 4.18. The number of primary amides is 1. The van der Waals surface area contributed by atoms with E-state index in [1.54, 1.807) is 11.8 Å². The quantitative estimate of drug-likeness (QED) is 0.875. The van der Waals surface area contributed by atoms with Crippen molar-refractivity contribution in [3.05, 3.63) is 41.5 Å². The molecular weight excluding hydrogens is 316 g/mol. The highest BCUT2D eigenvalue weighted by Gasteiger charge is 2.20. The Labute approximate surface area is 139 Å². The first kappa shape index (κ1) is 18.3. The highest BCUT2D eigenvalue weighted by molar-refractivity contribution is 8.01. The smallest absolute Gasteiger partial charge is 0.252 e. The van der Waals surface area contributed by atoms with Crippen LogP contribution in [-0.4, -0.2) is 11.8 Å². The Morgan fingerprint density at radius 1 is 1.18 bits per heavy atom. The van der Waals surface area contributed by atoms with Crippen LogP contribution in [0.15, 0.2) is 39.4 Å². The van der Waals surface area contributed by atoms with E-state index in [0.717, 1.165) is 14.7 Å². The zero-order valence-corrected chi connectivity index (χ0v) is 14.7. The summed E-state index contributed by atoms with van der Waals surface area (Å²) in [4.78, 5) is 23.8. The predicted octanol–water partition coefficient (Wildman–Crippen LogP) is 4.29. The number of hydrogen-bond acceptors (Lipinski definition) is 4. The Balaban J connectivity index is 0.00000116. The van der Waals surface area contributed by atoms with Gasteiger partial charge in [0.05, 0.1) is 9.77 Å². The number of anilines is 1. The summed E-state index contributed by atoms with van der Waals surface area (Å²) >= 11 is 2.92. The Hall–Kier alpha value is -1.79. The molecule has 0 aliphatic carbocycles. The Kier molecular flexibility index (Phi) is 7.14. The third-order valence-electron chi connectivity index (χ3n) is 2.59. The van der Waals surface area contributed by atoms with Gasteiger partial charge in [0.1, 0.15) is 5.00 Å². The average molecular weight is 336 g/mol. The van der Waals surface area contributed by atoms with Gasteiger partial charge in [0.25, 0.3) is 5.91 Å². The van der Waals surface area contributed by atoms with Gasteiger partial charge in [0.2, 0.25) is 5.91 Å². The first-order valence-corrected chi connectivity index (χ1v) is 8.56. The van der Waals surface area contributed by atoms with Crippen molar-refractivity contribution in [1.29, 1.82) is 0 Å². The van der Waals surface area contributed by atoms with Crippen molar-refractivity contribution in [2.75, 3.05) is 5.32 Å². The minimum atomic E-state index is -0.526. The Morgan fingerprint density at radius 2 is 1.77 bits per heavy atom. The van der Waals surface area contributed by atoms with Crippen molar-refractivity contribution in [2.45, 2.75) is 36.8 Å². The molecule has 0 unspecified atom stereocenters. The molecule has 0 aliphatic rings. The van der Waals surface area contributed by atoms with Crippen molar-refractivity contribution >= 4 is 39.9 Å². The predicted molar refractivity (Wildman–Crippen MR) is 93.8 cm³/mol. The van der Waals surface area contributed by atoms with E-state index in [2.05, 4.69) is 5.32 Å². The van der Waals surface area contributed by atoms with Gasteiger partial charge in [-0.3, -0.25) is 9.59 Å². The molecule has 1 heterocycles. The van der Waals surface area contributed by atoms with Crippen molar-refractivity contribution in [3.63, 3.8) is 0 Å². The topological polar surface area (TPSA) is 72.2 Å². The summed E-state index contributed by atoms with van der Waals surface area (Å²) in [5, 5.41) is 3.18. The fraction of sp³-hybridized carbons (Fsp3) is 0.250. The van der Waals surface area contributed by atoms with Crippen LogP contribution >= 0.6 is 23.1 Å². The summed E-state index contributed by atoms with van der Waals surface area (Å²) < 4.78 is 0.953. The summed E-state index contributed by atoms with van der Waals surface area (Å²) in [6.07, 6.45) is 0. The van der Waals surface area contributed by atoms with Crippen molar-refractivity contribution in [3.8, 4) is 0 Å². The number of carbonyl (C=O) groups is 2. The molecule has 4 nitrogen and oxygen atoms in total. The largest absolute Gasteiger partial charge is 0.365 e. The minimum Gasteiger partial charge on any atom is -0.365 e. The zero-order valence-electron chi connectivity index (χ0n) is 13.1. The number of nitrogens with one attached hydrogen (secondary N) is 1. The minimum absolute atomic E-state index is 0.218. The van der Waals surface area contributed by atoms with Crippen LogP contribution in [0.3, 0.4) is 0 Å². The highest BCUT2D eigenvalue weighted by Crippen LogP contribution is 2.42. The van der Waals surface area contributed by atoms with Crippen LogP contribution in [0.2, 0.25) is 0 Å². The molecule has 0 radical (unpaired) electrons. The molecule has 3 N–H and O–H groups in total. The van der Waals surface area contributed by atoms with Gasteiger partial charge >= 0.3 is 0 Å². The normalized spacial score (nSPS) is 9.64. The van der Waals surface area contributed by atoms with Crippen LogP contribution in [0.25, 0.3) is 0 Å². The second-order valence-corrected chi connectivity index (χ2v) is 6.54. The van der Waals surface area contributed by atoms with Gasteiger partial charge in [-0.05, 0) is 24.6 Å². The molecule has 22 heavy (non-hydrogen) atoms. The van der Waals surface area contributed by atoms with Gasteiger partial charge in [-0.2, -0.15) is 0 Å². The molecule has 1 aromatic heterocycles. The first-order chi connectivity index (χ1) is 10.5. The number of rotatable bonds is 4. The lowest BCUT2D eigenvalue weighted by molar-refractivity contribution is -0.114.